The Morgan fingerprint density at radius 1 is 1.29 bits per heavy atom. The number of piperidine rings is 1. The molecule has 4 nitrogen and oxygen atoms in total. The van der Waals surface area contributed by atoms with Crippen LogP contribution in [0.25, 0.3) is 0 Å². The van der Waals surface area contributed by atoms with Crippen LogP contribution in [0.4, 0.5) is 0 Å². The van der Waals surface area contributed by atoms with E-state index in [-0.39, 0.29) is 30.7 Å². The zero-order chi connectivity index (χ0) is 15.9. The van der Waals surface area contributed by atoms with Gasteiger partial charge in [-0.1, -0.05) is 36.8 Å². The molecule has 0 saturated carbocycles. The maximum absolute atomic E-state index is 12.4. The molecule has 0 aromatic heterocycles. The molecule has 1 aromatic rings. The molecule has 138 valence electrons. The van der Waals surface area contributed by atoms with Gasteiger partial charge in [0.05, 0.1) is 6.04 Å². The van der Waals surface area contributed by atoms with E-state index in [9.17, 15) is 4.79 Å². The lowest BCUT2D eigenvalue weighted by Gasteiger charge is -2.33. The van der Waals surface area contributed by atoms with E-state index in [1.54, 1.807) is 4.90 Å². The Balaban J connectivity index is 0.00000264. The number of carbonyl (C=O) groups is 1. The van der Waals surface area contributed by atoms with E-state index >= 15 is 0 Å². The minimum Gasteiger partial charge on any atom is -0.344 e. The second-order valence-corrected chi connectivity index (χ2v) is 6.47. The van der Waals surface area contributed by atoms with Crippen molar-refractivity contribution < 1.29 is 4.79 Å². The van der Waals surface area contributed by atoms with Crippen LogP contribution in [0, 0.1) is 0 Å². The Kier molecular flexibility index (Phi) is 11.3. The highest BCUT2D eigenvalue weighted by molar-refractivity contribution is 5.85. The molecule has 1 fully saturated rings. The normalized spacial score (nSPS) is 18.9. The van der Waals surface area contributed by atoms with Gasteiger partial charge in [0, 0.05) is 19.6 Å². The summed E-state index contributed by atoms with van der Waals surface area (Å²) in [7, 11) is 4.06. The predicted octanol–water partition coefficient (Wildman–Crippen LogP) is 2.73. The highest BCUT2D eigenvalue weighted by Crippen LogP contribution is 2.18. The molecule has 6 heteroatoms. The minimum absolute atomic E-state index is 0. The zero-order valence-corrected chi connectivity index (χ0v) is 16.3. The molecule has 1 aromatic carbocycles. The smallest absolute Gasteiger partial charge is 0.239 e. The Bertz CT molecular complexity index is 473. The second-order valence-electron chi connectivity index (χ2n) is 6.47. The number of nitrogens with two attached hydrogens (primary N) is 1. The number of nitrogens with zero attached hydrogens (tertiary/aromatic N) is 2. The third-order valence-corrected chi connectivity index (χ3v) is 4.71. The number of carbonyl (C=O) groups excluding carboxylic acids is 1. The van der Waals surface area contributed by atoms with Gasteiger partial charge in [0.15, 0.2) is 0 Å². The Labute approximate surface area is 158 Å². The number of benzene rings is 1. The Morgan fingerprint density at radius 2 is 1.96 bits per heavy atom. The van der Waals surface area contributed by atoms with E-state index in [0.29, 0.717) is 12.5 Å². The third kappa shape index (κ3) is 6.98. The Morgan fingerprint density at radius 3 is 2.58 bits per heavy atom. The number of likely N-dealkylation sites (tertiary alicyclic amines) is 1. The molecule has 1 saturated heterocycles. The maximum atomic E-state index is 12.4. The van der Waals surface area contributed by atoms with E-state index in [1.807, 2.05) is 37.4 Å². The van der Waals surface area contributed by atoms with Crippen molar-refractivity contribution in [2.75, 3.05) is 27.2 Å². The molecule has 24 heavy (non-hydrogen) atoms. The lowest BCUT2D eigenvalue weighted by Crippen LogP contribution is -2.45. The zero-order valence-electron chi connectivity index (χ0n) is 14.7. The summed E-state index contributed by atoms with van der Waals surface area (Å²) in [6, 6.07) is 10.1. The fraction of sp³-hybridized carbons (Fsp3) is 0.611. The van der Waals surface area contributed by atoms with Crippen LogP contribution in [-0.4, -0.2) is 55.0 Å². The van der Waals surface area contributed by atoms with Crippen LogP contribution in [0.5, 0.6) is 0 Å². The molecule has 0 spiro atoms. The summed E-state index contributed by atoms with van der Waals surface area (Å²) in [5.41, 5.74) is 7.20. The first-order valence-electron chi connectivity index (χ1n) is 8.32. The number of likely N-dealkylation sites (N-methyl/N-ethyl adjacent to an activating group) is 1. The van der Waals surface area contributed by atoms with Crippen molar-refractivity contribution in [2.24, 2.45) is 5.73 Å². The van der Waals surface area contributed by atoms with Crippen molar-refractivity contribution in [1.29, 1.82) is 0 Å². The molecule has 2 atom stereocenters. The van der Waals surface area contributed by atoms with Gasteiger partial charge in [-0.05, 0) is 44.8 Å². The van der Waals surface area contributed by atoms with Gasteiger partial charge in [-0.2, -0.15) is 0 Å². The fourth-order valence-corrected chi connectivity index (χ4v) is 3.20. The lowest BCUT2D eigenvalue weighted by atomic mass is 9.99. The standard InChI is InChI=1S/C18H29N3O.2ClH/c1-20-12-7-6-10-16(20)11-13-21(2)18(22)17(19)14-15-8-4-3-5-9-15;;/h3-5,8-9,16-17H,6-7,10-14,19H2,1-2H3;2*1H. The highest BCUT2D eigenvalue weighted by Gasteiger charge is 2.22. The average Bonchev–Trinajstić information content (AvgIpc) is 2.54. The van der Waals surface area contributed by atoms with Crippen LogP contribution < -0.4 is 5.73 Å². The fourth-order valence-electron chi connectivity index (χ4n) is 3.20. The predicted molar refractivity (Wildman–Crippen MR) is 105 cm³/mol. The van der Waals surface area contributed by atoms with Crippen LogP contribution in [0.15, 0.2) is 30.3 Å². The molecule has 1 heterocycles. The van der Waals surface area contributed by atoms with Crippen molar-refractivity contribution in [1.82, 2.24) is 9.80 Å². The SMILES string of the molecule is CN(CCC1CCCCN1C)C(=O)C(N)Cc1ccccc1.Cl.Cl. The van der Waals surface area contributed by atoms with E-state index in [0.717, 1.165) is 18.5 Å². The van der Waals surface area contributed by atoms with Gasteiger partial charge in [0.2, 0.25) is 5.91 Å². The molecule has 1 aliphatic heterocycles. The molecule has 1 amide bonds. The highest BCUT2D eigenvalue weighted by atomic mass is 35.5. The number of rotatable bonds is 6. The monoisotopic (exact) mass is 375 g/mol. The van der Waals surface area contributed by atoms with Gasteiger partial charge >= 0.3 is 0 Å². The average molecular weight is 376 g/mol. The van der Waals surface area contributed by atoms with Crippen LogP contribution in [0.2, 0.25) is 0 Å². The quantitative estimate of drug-likeness (QED) is 0.831. The molecular formula is C18H31Cl2N3O. The molecule has 2 rings (SSSR count). The van der Waals surface area contributed by atoms with Gasteiger partial charge < -0.3 is 15.5 Å². The molecule has 0 aliphatic carbocycles. The van der Waals surface area contributed by atoms with Gasteiger partial charge in [0.1, 0.15) is 0 Å². The van der Waals surface area contributed by atoms with Crippen molar-refractivity contribution in [3.8, 4) is 0 Å². The van der Waals surface area contributed by atoms with E-state index < -0.39 is 6.04 Å². The van der Waals surface area contributed by atoms with Crippen LogP contribution in [0.3, 0.4) is 0 Å². The first-order chi connectivity index (χ1) is 10.6. The third-order valence-electron chi connectivity index (χ3n) is 4.71. The summed E-state index contributed by atoms with van der Waals surface area (Å²) >= 11 is 0. The van der Waals surface area contributed by atoms with Crippen molar-refractivity contribution >= 4 is 30.7 Å². The topological polar surface area (TPSA) is 49.6 Å². The number of hydrogen-bond donors (Lipinski definition) is 1. The van der Waals surface area contributed by atoms with Gasteiger partial charge in [-0.15, -0.1) is 24.8 Å². The largest absolute Gasteiger partial charge is 0.344 e. The van der Waals surface area contributed by atoms with Crippen LogP contribution >= 0.6 is 24.8 Å². The molecule has 2 N–H and O–H groups in total. The van der Waals surface area contributed by atoms with Crippen LogP contribution in [0.1, 0.15) is 31.2 Å². The lowest BCUT2D eigenvalue weighted by molar-refractivity contribution is -0.131. The first kappa shape index (κ1) is 23.2. The van der Waals surface area contributed by atoms with Crippen LogP contribution in [-0.2, 0) is 11.2 Å². The van der Waals surface area contributed by atoms with E-state index in [4.69, 9.17) is 5.73 Å². The minimum atomic E-state index is -0.448. The Hall–Kier alpha value is -0.810. The van der Waals surface area contributed by atoms with Crippen molar-refractivity contribution in [3.05, 3.63) is 35.9 Å². The number of hydrogen-bond acceptors (Lipinski definition) is 3. The van der Waals surface area contributed by atoms with Gasteiger partial charge in [-0.25, -0.2) is 0 Å². The van der Waals surface area contributed by atoms with Gasteiger partial charge in [0.25, 0.3) is 0 Å². The summed E-state index contributed by atoms with van der Waals surface area (Å²) < 4.78 is 0. The molecule has 0 radical (unpaired) electrons. The summed E-state index contributed by atoms with van der Waals surface area (Å²) in [6.07, 6.45) is 5.49. The van der Waals surface area contributed by atoms with Crippen molar-refractivity contribution in [2.45, 2.75) is 44.2 Å². The van der Waals surface area contributed by atoms with Crippen molar-refractivity contribution in [3.63, 3.8) is 0 Å². The maximum Gasteiger partial charge on any atom is 0.239 e. The summed E-state index contributed by atoms with van der Waals surface area (Å²) in [5.74, 6) is 0.0438. The second kappa shape index (κ2) is 11.7. The number of halogens is 2. The molecular weight excluding hydrogens is 345 g/mol. The summed E-state index contributed by atoms with van der Waals surface area (Å²) in [6.45, 7) is 1.96. The number of amides is 1. The molecule has 1 aliphatic rings. The molecule has 2 unspecified atom stereocenters. The van der Waals surface area contributed by atoms with Gasteiger partial charge in [-0.3, -0.25) is 4.79 Å². The first-order valence-corrected chi connectivity index (χ1v) is 8.32. The van der Waals surface area contributed by atoms with E-state index in [1.165, 1.54) is 25.8 Å². The molecule has 0 bridgehead atoms. The van der Waals surface area contributed by atoms with E-state index in [2.05, 4.69) is 11.9 Å². The summed E-state index contributed by atoms with van der Waals surface area (Å²) in [4.78, 5) is 16.6. The summed E-state index contributed by atoms with van der Waals surface area (Å²) in [5, 5.41) is 0.